The number of hydrogen-bond donors (Lipinski definition) is 1. The Balaban J connectivity index is 4.75. The van der Waals surface area contributed by atoms with Crippen LogP contribution in [0.25, 0.3) is 0 Å². The van der Waals surface area contributed by atoms with Crippen LogP contribution in [0.1, 0.15) is 20.3 Å². The van der Waals surface area contributed by atoms with Crippen molar-refractivity contribution in [1.29, 1.82) is 0 Å². The second kappa shape index (κ2) is 2.71. The highest BCUT2D eigenvalue weighted by atomic mass is 19.4. The number of hydrogen-bond acceptors (Lipinski definition) is 1. The van der Waals surface area contributed by atoms with Gasteiger partial charge in [0.15, 0.2) is 0 Å². The Morgan fingerprint density at radius 1 is 1.45 bits per heavy atom. The summed E-state index contributed by atoms with van der Waals surface area (Å²) in [5.74, 6) is -1.33. The van der Waals surface area contributed by atoms with E-state index in [0.29, 0.717) is 0 Å². The van der Waals surface area contributed by atoms with Gasteiger partial charge in [0.2, 0.25) is 5.91 Å². The standard InChI is InChI=1S/C6H10F3NO/c1-3-5(2,4(10)11)6(7,8)9/h3H2,1-2H3,(H2,10,11)/t5-/m1/s1. The lowest BCUT2D eigenvalue weighted by molar-refractivity contribution is -0.215. The SMILES string of the molecule is CC[C@](C)(C(N)=O)C(F)(F)F. The third-order valence-electron chi connectivity index (χ3n) is 1.88. The van der Waals surface area contributed by atoms with Gasteiger partial charge in [-0.05, 0) is 13.3 Å². The number of carbonyl (C=O) groups is 1. The Morgan fingerprint density at radius 2 is 1.82 bits per heavy atom. The van der Waals surface area contributed by atoms with Gasteiger partial charge in [-0.3, -0.25) is 4.79 Å². The molecule has 0 saturated carbocycles. The van der Waals surface area contributed by atoms with E-state index in [9.17, 15) is 18.0 Å². The lowest BCUT2D eigenvalue weighted by Crippen LogP contribution is -2.45. The van der Waals surface area contributed by atoms with Crippen molar-refractivity contribution in [3.63, 3.8) is 0 Å². The van der Waals surface area contributed by atoms with Crippen molar-refractivity contribution in [3.05, 3.63) is 0 Å². The summed E-state index contributed by atoms with van der Waals surface area (Å²) < 4.78 is 36.2. The highest BCUT2D eigenvalue weighted by Crippen LogP contribution is 2.40. The molecule has 0 aromatic heterocycles. The highest BCUT2D eigenvalue weighted by Gasteiger charge is 2.54. The van der Waals surface area contributed by atoms with Crippen molar-refractivity contribution < 1.29 is 18.0 Å². The van der Waals surface area contributed by atoms with E-state index in [-0.39, 0.29) is 6.42 Å². The molecule has 0 bridgehead atoms. The zero-order valence-corrected chi connectivity index (χ0v) is 6.33. The maximum Gasteiger partial charge on any atom is 0.402 e. The summed E-state index contributed by atoms with van der Waals surface area (Å²) in [6.45, 7) is 2.08. The normalized spacial score (nSPS) is 17.5. The smallest absolute Gasteiger partial charge is 0.369 e. The fraction of sp³-hybridized carbons (Fsp3) is 0.833. The first-order valence-electron chi connectivity index (χ1n) is 3.12. The topological polar surface area (TPSA) is 43.1 Å². The number of alkyl halides is 3. The average molecular weight is 169 g/mol. The largest absolute Gasteiger partial charge is 0.402 e. The molecule has 0 rings (SSSR count). The minimum Gasteiger partial charge on any atom is -0.369 e. The molecule has 0 fully saturated rings. The van der Waals surface area contributed by atoms with Crippen molar-refractivity contribution in [2.75, 3.05) is 0 Å². The van der Waals surface area contributed by atoms with Gasteiger partial charge in [0.25, 0.3) is 0 Å². The number of carbonyl (C=O) groups excluding carboxylic acids is 1. The first-order valence-corrected chi connectivity index (χ1v) is 3.12. The predicted octanol–water partition coefficient (Wildman–Crippen LogP) is 1.45. The van der Waals surface area contributed by atoms with E-state index in [0.717, 1.165) is 6.92 Å². The van der Waals surface area contributed by atoms with Crippen LogP contribution >= 0.6 is 0 Å². The molecule has 0 spiro atoms. The van der Waals surface area contributed by atoms with Crippen molar-refractivity contribution in [2.24, 2.45) is 11.1 Å². The van der Waals surface area contributed by atoms with Gasteiger partial charge >= 0.3 is 6.18 Å². The molecule has 0 aliphatic rings. The molecule has 0 aromatic carbocycles. The maximum absolute atomic E-state index is 12.1. The lowest BCUT2D eigenvalue weighted by Gasteiger charge is -2.26. The van der Waals surface area contributed by atoms with Crippen LogP contribution in [0.4, 0.5) is 13.2 Å². The second-order valence-corrected chi connectivity index (χ2v) is 2.55. The fourth-order valence-corrected chi connectivity index (χ4v) is 0.514. The number of amides is 1. The Labute approximate surface area is 62.6 Å². The van der Waals surface area contributed by atoms with Crippen LogP contribution in [-0.4, -0.2) is 12.1 Å². The van der Waals surface area contributed by atoms with Crippen LogP contribution in [0.3, 0.4) is 0 Å². The molecule has 0 saturated heterocycles. The third kappa shape index (κ3) is 1.64. The van der Waals surface area contributed by atoms with Gasteiger partial charge in [-0.2, -0.15) is 13.2 Å². The van der Waals surface area contributed by atoms with E-state index in [2.05, 4.69) is 5.73 Å². The Bertz CT molecular complexity index is 166. The van der Waals surface area contributed by atoms with Crippen LogP contribution in [0.5, 0.6) is 0 Å². The van der Waals surface area contributed by atoms with E-state index in [4.69, 9.17) is 0 Å². The van der Waals surface area contributed by atoms with Crippen molar-refractivity contribution >= 4 is 5.91 Å². The molecule has 0 aromatic rings. The summed E-state index contributed by atoms with van der Waals surface area (Å²) in [5.41, 5.74) is 2.23. The Hall–Kier alpha value is -0.740. The average Bonchev–Trinajstić information content (AvgIpc) is 1.83. The zero-order valence-electron chi connectivity index (χ0n) is 6.33. The molecule has 2 N–H and O–H groups in total. The van der Waals surface area contributed by atoms with Gasteiger partial charge in [0.05, 0.1) is 0 Å². The minimum absolute atomic E-state index is 0.328. The molecule has 0 radical (unpaired) electrons. The molecule has 0 aliphatic carbocycles. The van der Waals surface area contributed by atoms with Crippen LogP contribution in [-0.2, 0) is 4.79 Å². The van der Waals surface area contributed by atoms with Gasteiger partial charge in [-0.1, -0.05) is 6.92 Å². The summed E-state index contributed by atoms with van der Waals surface area (Å²) in [6, 6.07) is 0. The van der Waals surface area contributed by atoms with Crippen LogP contribution < -0.4 is 5.73 Å². The zero-order chi connectivity index (χ0) is 9.28. The van der Waals surface area contributed by atoms with Gasteiger partial charge in [0, 0.05) is 0 Å². The molecule has 0 aliphatic heterocycles. The van der Waals surface area contributed by atoms with E-state index in [1.54, 1.807) is 0 Å². The minimum atomic E-state index is -4.55. The first kappa shape index (κ1) is 10.3. The summed E-state index contributed by atoms with van der Waals surface area (Å²) in [6.07, 6.45) is -4.88. The molecule has 1 atom stereocenters. The molecule has 66 valence electrons. The molecule has 11 heavy (non-hydrogen) atoms. The monoisotopic (exact) mass is 169 g/mol. The van der Waals surface area contributed by atoms with Crippen LogP contribution in [0, 0.1) is 5.41 Å². The second-order valence-electron chi connectivity index (χ2n) is 2.55. The van der Waals surface area contributed by atoms with E-state index < -0.39 is 17.5 Å². The Kier molecular flexibility index (Phi) is 2.53. The molecular formula is C6H10F3NO. The van der Waals surface area contributed by atoms with Gasteiger partial charge < -0.3 is 5.73 Å². The molecule has 1 amide bonds. The first-order chi connectivity index (χ1) is 4.75. The Morgan fingerprint density at radius 3 is 1.82 bits per heavy atom. The van der Waals surface area contributed by atoms with Gasteiger partial charge in [0.1, 0.15) is 5.41 Å². The summed E-state index contributed by atoms with van der Waals surface area (Å²) in [7, 11) is 0. The summed E-state index contributed by atoms with van der Waals surface area (Å²) in [4.78, 5) is 10.4. The maximum atomic E-state index is 12.1. The van der Waals surface area contributed by atoms with Crippen LogP contribution in [0.2, 0.25) is 0 Å². The number of nitrogens with two attached hydrogens (primary N) is 1. The molecular weight excluding hydrogens is 159 g/mol. The summed E-state index contributed by atoms with van der Waals surface area (Å²) >= 11 is 0. The van der Waals surface area contributed by atoms with E-state index in [1.165, 1.54) is 6.92 Å². The third-order valence-corrected chi connectivity index (χ3v) is 1.88. The van der Waals surface area contributed by atoms with Gasteiger partial charge in [-0.25, -0.2) is 0 Å². The van der Waals surface area contributed by atoms with Crippen LogP contribution in [0.15, 0.2) is 0 Å². The molecule has 2 nitrogen and oxygen atoms in total. The van der Waals surface area contributed by atoms with Crippen molar-refractivity contribution in [3.8, 4) is 0 Å². The lowest BCUT2D eigenvalue weighted by atomic mass is 9.86. The van der Waals surface area contributed by atoms with Crippen molar-refractivity contribution in [1.82, 2.24) is 0 Å². The molecule has 0 heterocycles. The van der Waals surface area contributed by atoms with E-state index in [1.807, 2.05) is 0 Å². The number of primary amides is 1. The van der Waals surface area contributed by atoms with E-state index >= 15 is 0 Å². The quantitative estimate of drug-likeness (QED) is 0.667. The van der Waals surface area contributed by atoms with Crippen molar-refractivity contribution in [2.45, 2.75) is 26.4 Å². The fourth-order valence-electron chi connectivity index (χ4n) is 0.514. The number of rotatable bonds is 2. The molecule has 5 heteroatoms. The van der Waals surface area contributed by atoms with Gasteiger partial charge in [-0.15, -0.1) is 0 Å². The molecule has 0 unspecified atom stereocenters. The summed E-state index contributed by atoms with van der Waals surface area (Å²) in [5, 5.41) is 0. The highest BCUT2D eigenvalue weighted by molar-refractivity contribution is 5.81. The predicted molar refractivity (Wildman–Crippen MR) is 33.6 cm³/mol. The number of halogens is 3.